The highest BCUT2D eigenvalue weighted by atomic mass is 79.9. The average Bonchev–Trinajstić information content (AvgIpc) is 3.28. The van der Waals surface area contributed by atoms with Gasteiger partial charge in [0.15, 0.2) is 5.82 Å². The fourth-order valence-corrected chi connectivity index (χ4v) is 2.43. The third-order valence-corrected chi connectivity index (χ3v) is 3.71. The lowest BCUT2D eigenvalue weighted by atomic mass is 10.2. The van der Waals surface area contributed by atoms with Crippen LogP contribution in [-0.2, 0) is 6.54 Å². The van der Waals surface area contributed by atoms with Gasteiger partial charge >= 0.3 is 11.8 Å². The first-order valence-electron chi connectivity index (χ1n) is 7.74. The standard InChI is InChI=1S/C16H15BrN6O3/c17-12-8-20-23(9-12)10-13-21-16(26-22-13)15(25)19-7-6-18-14(24)11-4-2-1-3-5-11/h1-5,8-9H,6-7,10H2,(H,18,24)(H,19,25). The van der Waals surface area contributed by atoms with Crippen molar-refractivity contribution in [2.75, 3.05) is 13.1 Å². The van der Waals surface area contributed by atoms with E-state index in [2.05, 4.69) is 41.8 Å². The Morgan fingerprint density at radius 2 is 1.85 bits per heavy atom. The van der Waals surface area contributed by atoms with Gasteiger partial charge in [0.25, 0.3) is 5.91 Å². The molecule has 0 aliphatic carbocycles. The number of aromatic nitrogens is 4. The molecule has 0 radical (unpaired) electrons. The van der Waals surface area contributed by atoms with Gasteiger partial charge in [-0.15, -0.1) is 0 Å². The quantitative estimate of drug-likeness (QED) is 0.557. The summed E-state index contributed by atoms with van der Waals surface area (Å²) < 4.78 is 7.38. The highest BCUT2D eigenvalue weighted by Crippen LogP contribution is 2.07. The predicted molar refractivity (Wildman–Crippen MR) is 94.4 cm³/mol. The van der Waals surface area contributed by atoms with Crippen LogP contribution in [0.1, 0.15) is 26.9 Å². The summed E-state index contributed by atoms with van der Waals surface area (Å²) in [6.07, 6.45) is 3.39. The molecule has 0 atom stereocenters. The number of nitrogens with zero attached hydrogens (tertiary/aromatic N) is 4. The third-order valence-electron chi connectivity index (χ3n) is 3.30. The van der Waals surface area contributed by atoms with Crippen LogP contribution in [-0.4, -0.2) is 44.8 Å². The molecule has 9 nitrogen and oxygen atoms in total. The molecule has 0 aliphatic heterocycles. The van der Waals surface area contributed by atoms with Gasteiger partial charge in [0.05, 0.1) is 10.7 Å². The van der Waals surface area contributed by atoms with Crippen LogP contribution in [0.5, 0.6) is 0 Å². The van der Waals surface area contributed by atoms with Gasteiger partial charge in [-0.2, -0.15) is 10.1 Å². The summed E-state index contributed by atoms with van der Waals surface area (Å²) in [6.45, 7) is 0.804. The van der Waals surface area contributed by atoms with Crippen molar-refractivity contribution in [3.63, 3.8) is 0 Å². The maximum atomic E-state index is 12.0. The van der Waals surface area contributed by atoms with Crippen molar-refractivity contribution in [3.8, 4) is 0 Å². The van der Waals surface area contributed by atoms with Crippen molar-refractivity contribution >= 4 is 27.7 Å². The topological polar surface area (TPSA) is 115 Å². The minimum Gasteiger partial charge on any atom is -0.350 e. The lowest BCUT2D eigenvalue weighted by molar-refractivity contribution is 0.0898. The van der Waals surface area contributed by atoms with E-state index < -0.39 is 5.91 Å². The molecule has 2 N–H and O–H groups in total. The van der Waals surface area contributed by atoms with Crippen LogP contribution in [0.3, 0.4) is 0 Å². The minimum atomic E-state index is -0.501. The largest absolute Gasteiger partial charge is 0.350 e. The first-order valence-corrected chi connectivity index (χ1v) is 8.53. The van der Waals surface area contributed by atoms with E-state index in [0.29, 0.717) is 11.4 Å². The van der Waals surface area contributed by atoms with Crippen molar-refractivity contribution in [2.24, 2.45) is 0 Å². The Morgan fingerprint density at radius 3 is 2.54 bits per heavy atom. The zero-order chi connectivity index (χ0) is 18.4. The normalized spacial score (nSPS) is 10.5. The summed E-state index contributed by atoms with van der Waals surface area (Å²) in [6, 6.07) is 8.83. The fraction of sp³-hybridized carbons (Fsp3) is 0.188. The van der Waals surface area contributed by atoms with E-state index in [1.54, 1.807) is 41.3 Å². The summed E-state index contributed by atoms with van der Waals surface area (Å²) in [5.74, 6) is -0.506. The number of nitrogens with one attached hydrogen (secondary N) is 2. The second-order valence-electron chi connectivity index (χ2n) is 5.25. The molecule has 1 aromatic carbocycles. The molecule has 10 heteroatoms. The number of rotatable bonds is 7. The third kappa shape index (κ3) is 4.76. The molecule has 0 aliphatic rings. The molecule has 26 heavy (non-hydrogen) atoms. The van der Waals surface area contributed by atoms with Gasteiger partial charge in [-0.3, -0.25) is 14.3 Å². The second-order valence-corrected chi connectivity index (χ2v) is 6.17. The lowest BCUT2D eigenvalue weighted by Gasteiger charge is -2.05. The minimum absolute atomic E-state index is 0.138. The van der Waals surface area contributed by atoms with Crippen molar-refractivity contribution in [1.29, 1.82) is 0 Å². The highest BCUT2D eigenvalue weighted by molar-refractivity contribution is 9.10. The van der Waals surface area contributed by atoms with Gasteiger partial charge in [-0.25, -0.2) is 0 Å². The van der Waals surface area contributed by atoms with E-state index in [1.165, 1.54) is 0 Å². The molecule has 2 amide bonds. The first-order chi connectivity index (χ1) is 12.6. The number of amides is 2. The maximum Gasteiger partial charge on any atom is 0.316 e. The van der Waals surface area contributed by atoms with Crippen molar-refractivity contribution in [2.45, 2.75) is 6.54 Å². The number of hydrogen-bond acceptors (Lipinski definition) is 6. The summed E-state index contributed by atoms with van der Waals surface area (Å²) in [5.41, 5.74) is 0.561. The van der Waals surface area contributed by atoms with Crippen LogP contribution in [0.2, 0.25) is 0 Å². The van der Waals surface area contributed by atoms with Gasteiger partial charge in [0, 0.05) is 24.8 Å². The van der Waals surface area contributed by atoms with Crippen LogP contribution in [0, 0.1) is 0 Å². The Balaban J connectivity index is 1.43. The summed E-state index contributed by atoms with van der Waals surface area (Å²) in [7, 11) is 0. The molecule has 0 bridgehead atoms. The molecule has 134 valence electrons. The lowest BCUT2D eigenvalue weighted by Crippen LogP contribution is -2.34. The molecule has 2 heterocycles. The summed E-state index contributed by atoms with van der Waals surface area (Å²) in [5, 5.41) is 13.1. The molecule has 0 saturated carbocycles. The zero-order valence-corrected chi connectivity index (χ0v) is 15.1. The molecule has 3 aromatic rings. The maximum absolute atomic E-state index is 12.0. The Hall–Kier alpha value is -3.01. The molecule has 3 rings (SSSR count). The molecule has 0 fully saturated rings. The summed E-state index contributed by atoms with van der Waals surface area (Å²) in [4.78, 5) is 27.9. The van der Waals surface area contributed by atoms with E-state index in [4.69, 9.17) is 4.52 Å². The van der Waals surface area contributed by atoms with Crippen LogP contribution in [0.15, 0.2) is 51.7 Å². The molecular weight excluding hydrogens is 404 g/mol. The fourth-order valence-electron chi connectivity index (χ4n) is 2.10. The van der Waals surface area contributed by atoms with Crippen molar-refractivity contribution in [1.82, 2.24) is 30.6 Å². The molecular formula is C16H15BrN6O3. The van der Waals surface area contributed by atoms with Gasteiger partial charge in [0.1, 0.15) is 6.54 Å². The Bertz CT molecular complexity index is 892. The molecule has 0 unspecified atom stereocenters. The van der Waals surface area contributed by atoms with Gasteiger partial charge in [0.2, 0.25) is 0 Å². The Kier molecular flexibility index (Phi) is 5.74. The van der Waals surface area contributed by atoms with Gasteiger partial charge < -0.3 is 15.2 Å². The van der Waals surface area contributed by atoms with Crippen LogP contribution in [0.25, 0.3) is 0 Å². The molecule has 0 saturated heterocycles. The molecule has 0 spiro atoms. The van der Waals surface area contributed by atoms with E-state index in [-0.39, 0.29) is 31.4 Å². The van der Waals surface area contributed by atoms with E-state index in [0.717, 1.165) is 4.47 Å². The predicted octanol–water partition coefficient (Wildman–Crippen LogP) is 1.24. The van der Waals surface area contributed by atoms with E-state index in [1.807, 2.05) is 6.07 Å². The second kappa shape index (κ2) is 8.39. The van der Waals surface area contributed by atoms with Gasteiger partial charge in [-0.05, 0) is 28.1 Å². The number of halogens is 1. The Morgan fingerprint density at radius 1 is 1.12 bits per heavy atom. The monoisotopic (exact) mass is 418 g/mol. The Labute approximate surface area is 156 Å². The average molecular weight is 419 g/mol. The van der Waals surface area contributed by atoms with Gasteiger partial charge in [-0.1, -0.05) is 23.4 Å². The van der Waals surface area contributed by atoms with Crippen LogP contribution < -0.4 is 10.6 Å². The number of hydrogen-bond donors (Lipinski definition) is 2. The number of carbonyl (C=O) groups is 2. The highest BCUT2D eigenvalue weighted by Gasteiger charge is 2.15. The zero-order valence-electron chi connectivity index (χ0n) is 13.6. The van der Waals surface area contributed by atoms with Crippen molar-refractivity contribution < 1.29 is 14.1 Å². The van der Waals surface area contributed by atoms with Crippen molar-refractivity contribution in [3.05, 3.63) is 64.5 Å². The number of carbonyl (C=O) groups excluding carboxylic acids is 2. The number of benzene rings is 1. The van der Waals surface area contributed by atoms with E-state index >= 15 is 0 Å². The SMILES string of the molecule is O=C(NCCNC(=O)c1nc(Cn2cc(Br)cn2)no1)c1ccccc1. The summed E-state index contributed by atoms with van der Waals surface area (Å²) >= 11 is 3.29. The first kappa shape index (κ1) is 17.8. The smallest absolute Gasteiger partial charge is 0.316 e. The van der Waals surface area contributed by atoms with E-state index in [9.17, 15) is 9.59 Å². The molecule has 2 aromatic heterocycles. The van der Waals surface area contributed by atoms with Crippen LogP contribution in [0.4, 0.5) is 0 Å². The van der Waals surface area contributed by atoms with Crippen LogP contribution >= 0.6 is 15.9 Å².